The molecule has 0 fully saturated rings. The Labute approximate surface area is 174 Å². The third kappa shape index (κ3) is 2.54. The lowest BCUT2D eigenvalue weighted by atomic mass is 10.0. The summed E-state index contributed by atoms with van der Waals surface area (Å²) < 4.78 is 9.24. The predicted octanol–water partition coefficient (Wildman–Crippen LogP) is 3.48. The van der Waals surface area contributed by atoms with Gasteiger partial charge >= 0.3 is 5.69 Å². The van der Waals surface area contributed by atoms with Crippen LogP contribution < -0.4 is 10.4 Å². The minimum absolute atomic E-state index is 0.240. The fraction of sp³-hybridized carbons (Fsp3) is 0.143. The van der Waals surface area contributed by atoms with Gasteiger partial charge in [-0.1, -0.05) is 23.7 Å². The molecule has 5 aromatic rings. The molecule has 1 N–H and O–H groups in total. The number of aromatic nitrogens is 6. The molecule has 8 nitrogen and oxygen atoms in total. The SMILES string of the molecule is O=c1[nH]c2cnc(-n3cnc4ccccc43)nc2n1[C@@H]1CCOc2ccc(Cl)cc21. The summed E-state index contributed by atoms with van der Waals surface area (Å²) in [7, 11) is 0. The van der Waals surface area contributed by atoms with Crippen LogP contribution in [0.3, 0.4) is 0 Å². The number of aromatic amines is 1. The van der Waals surface area contributed by atoms with Gasteiger partial charge in [-0.25, -0.2) is 14.8 Å². The first kappa shape index (κ1) is 17.2. The Morgan fingerprint density at radius 3 is 3.00 bits per heavy atom. The van der Waals surface area contributed by atoms with E-state index < -0.39 is 0 Å². The van der Waals surface area contributed by atoms with Crippen molar-refractivity contribution >= 4 is 33.8 Å². The van der Waals surface area contributed by atoms with Crippen molar-refractivity contribution in [2.24, 2.45) is 0 Å². The van der Waals surface area contributed by atoms with Crippen molar-refractivity contribution in [1.82, 2.24) is 29.1 Å². The molecule has 4 heterocycles. The summed E-state index contributed by atoms with van der Waals surface area (Å²) in [5.41, 5.74) is 3.46. The predicted molar refractivity (Wildman–Crippen MR) is 112 cm³/mol. The number of rotatable bonds is 2. The molecule has 0 amide bonds. The molecule has 0 spiro atoms. The summed E-state index contributed by atoms with van der Waals surface area (Å²) in [6, 6.07) is 13.0. The van der Waals surface area contributed by atoms with Crippen LogP contribution in [-0.4, -0.2) is 35.7 Å². The highest BCUT2D eigenvalue weighted by Gasteiger charge is 2.27. The zero-order valence-electron chi connectivity index (χ0n) is 15.6. The number of fused-ring (bicyclic) bond motifs is 3. The topological polar surface area (TPSA) is 90.6 Å². The van der Waals surface area contributed by atoms with Gasteiger partial charge in [0.2, 0.25) is 5.95 Å². The van der Waals surface area contributed by atoms with Crippen molar-refractivity contribution in [2.75, 3.05) is 6.61 Å². The maximum atomic E-state index is 12.9. The second-order valence-electron chi connectivity index (χ2n) is 7.15. The molecule has 3 aromatic heterocycles. The maximum absolute atomic E-state index is 12.9. The minimum Gasteiger partial charge on any atom is -0.493 e. The first-order chi connectivity index (χ1) is 14.7. The van der Waals surface area contributed by atoms with Gasteiger partial charge in [-0.05, 0) is 30.3 Å². The Morgan fingerprint density at radius 2 is 2.07 bits per heavy atom. The molecule has 0 bridgehead atoms. The number of halogens is 1. The molecule has 1 atom stereocenters. The summed E-state index contributed by atoms with van der Waals surface area (Å²) in [5, 5.41) is 0.595. The van der Waals surface area contributed by atoms with E-state index in [-0.39, 0.29) is 11.7 Å². The fourth-order valence-corrected chi connectivity index (χ4v) is 4.23. The van der Waals surface area contributed by atoms with Crippen molar-refractivity contribution < 1.29 is 4.74 Å². The van der Waals surface area contributed by atoms with Crippen LogP contribution in [0.5, 0.6) is 5.75 Å². The molecule has 6 rings (SSSR count). The average Bonchev–Trinajstić information content (AvgIpc) is 3.33. The summed E-state index contributed by atoms with van der Waals surface area (Å²) in [4.78, 5) is 29.3. The van der Waals surface area contributed by atoms with Crippen LogP contribution in [0.2, 0.25) is 5.02 Å². The maximum Gasteiger partial charge on any atom is 0.328 e. The highest BCUT2D eigenvalue weighted by Crippen LogP contribution is 2.36. The molecule has 9 heteroatoms. The second-order valence-corrected chi connectivity index (χ2v) is 7.58. The highest BCUT2D eigenvalue weighted by atomic mass is 35.5. The van der Waals surface area contributed by atoms with E-state index in [1.165, 1.54) is 0 Å². The Kier molecular flexibility index (Phi) is 3.69. The monoisotopic (exact) mass is 418 g/mol. The molecule has 2 aromatic carbocycles. The number of imidazole rings is 2. The third-order valence-electron chi connectivity index (χ3n) is 5.40. The van der Waals surface area contributed by atoms with Crippen LogP contribution >= 0.6 is 11.6 Å². The van der Waals surface area contributed by atoms with Crippen LogP contribution in [0, 0.1) is 0 Å². The molecule has 0 saturated carbocycles. The van der Waals surface area contributed by atoms with Crippen LogP contribution in [-0.2, 0) is 0 Å². The number of para-hydroxylation sites is 2. The first-order valence-corrected chi connectivity index (χ1v) is 9.89. The summed E-state index contributed by atoms with van der Waals surface area (Å²) in [6.07, 6.45) is 3.94. The Balaban J connectivity index is 1.56. The van der Waals surface area contributed by atoms with E-state index >= 15 is 0 Å². The summed E-state index contributed by atoms with van der Waals surface area (Å²) in [6.45, 7) is 0.502. The van der Waals surface area contributed by atoms with Crippen molar-refractivity contribution in [1.29, 1.82) is 0 Å². The lowest BCUT2D eigenvalue weighted by Gasteiger charge is -2.26. The van der Waals surface area contributed by atoms with Crippen molar-refractivity contribution in [3.63, 3.8) is 0 Å². The standard InChI is InChI=1S/C21H15ClN6O2/c22-12-5-6-18-13(9-12)16(7-8-30-18)28-19-15(25-21(28)29)10-23-20(26-19)27-11-24-14-3-1-2-4-17(14)27/h1-6,9-11,16H,7-8H2,(H,25,29)/t16-/m1/s1. The Bertz CT molecular complexity index is 1480. The average molecular weight is 419 g/mol. The van der Waals surface area contributed by atoms with Crippen LogP contribution in [0.4, 0.5) is 0 Å². The number of ether oxygens (including phenoxy) is 1. The van der Waals surface area contributed by atoms with E-state index in [4.69, 9.17) is 21.3 Å². The van der Waals surface area contributed by atoms with Crippen LogP contribution in [0.15, 0.2) is 59.8 Å². The first-order valence-electron chi connectivity index (χ1n) is 9.51. The minimum atomic E-state index is -0.246. The van der Waals surface area contributed by atoms with E-state index in [0.29, 0.717) is 35.2 Å². The van der Waals surface area contributed by atoms with Gasteiger partial charge in [0.05, 0.1) is 29.9 Å². The van der Waals surface area contributed by atoms with Gasteiger partial charge in [-0.15, -0.1) is 0 Å². The van der Waals surface area contributed by atoms with Gasteiger partial charge < -0.3 is 9.72 Å². The molecule has 0 radical (unpaired) electrons. The van der Waals surface area contributed by atoms with E-state index in [9.17, 15) is 4.79 Å². The van der Waals surface area contributed by atoms with Crippen molar-refractivity contribution in [2.45, 2.75) is 12.5 Å². The number of hydrogen-bond donors (Lipinski definition) is 1. The van der Waals surface area contributed by atoms with Crippen LogP contribution in [0.1, 0.15) is 18.0 Å². The van der Waals surface area contributed by atoms with Crippen molar-refractivity contribution in [3.05, 3.63) is 76.1 Å². The zero-order chi connectivity index (χ0) is 20.2. The van der Waals surface area contributed by atoms with E-state index in [1.807, 2.05) is 41.0 Å². The smallest absolute Gasteiger partial charge is 0.328 e. The molecule has 0 saturated heterocycles. The molecule has 0 aliphatic carbocycles. The lowest BCUT2D eigenvalue weighted by molar-refractivity contribution is 0.256. The highest BCUT2D eigenvalue weighted by molar-refractivity contribution is 6.30. The second kappa shape index (κ2) is 6.43. The fourth-order valence-electron chi connectivity index (χ4n) is 4.05. The number of benzene rings is 2. The van der Waals surface area contributed by atoms with Gasteiger partial charge in [-0.2, -0.15) is 4.98 Å². The van der Waals surface area contributed by atoms with Gasteiger partial charge in [0.15, 0.2) is 5.65 Å². The summed E-state index contributed by atoms with van der Waals surface area (Å²) in [5.74, 6) is 1.18. The number of hydrogen-bond acceptors (Lipinski definition) is 5. The molecule has 1 aliphatic heterocycles. The number of nitrogens with one attached hydrogen (secondary N) is 1. The van der Waals surface area contributed by atoms with E-state index in [2.05, 4.69) is 15.0 Å². The molecule has 0 unspecified atom stereocenters. The van der Waals surface area contributed by atoms with Crippen LogP contribution in [0.25, 0.3) is 28.1 Å². The quantitative estimate of drug-likeness (QED) is 0.474. The normalized spacial score (nSPS) is 16.0. The van der Waals surface area contributed by atoms with Gasteiger partial charge in [0.1, 0.15) is 17.6 Å². The zero-order valence-corrected chi connectivity index (χ0v) is 16.4. The summed E-state index contributed by atoms with van der Waals surface area (Å²) >= 11 is 6.22. The van der Waals surface area contributed by atoms with Crippen molar-refractivity contribution in [3.8, 4) is 11.7 Å². The molecular formula is C21H15ClN6O2. The molecular weight excluding hydrogens is 404 g/mol. The number of H-pyrrole nitrogens is 1. The molecule has 30 heavy (non-hydrogen) atoms. The Morgan fingerprint density at radius 1 is 1.17 bits per heavy atom. The van der Waals surface area contributed by atoms with E-state index in [1.54, 1.807) is 23.2 Å². The number of nitrogens with zero attached hydrogens (tertiary/aromatic N) is 5. The lowest BCUT2D eigenvalue weighted by Crippen LogP contribution is -2.28. The van der Waals surface area contributed by atoms with E-state index in [0.717, 1.165) is 22.3 Å². The van der Waals surface area contributed by atoms with Gasteiger partial charge in [0, 0.05) is 17.0 Å². The third-order valence-corrected chi connectivity index (χ3v) is 5.64. The largest absolute Gasteiger partial charge is 0.493 e. The molecule has 1 aliphatic rings. The van der Waals surface area contributed by atoms with Gasteiger partial charge in [-0.3, -0.25) is 9.13 Å². The molecule has 148 valence electrons. The van der Waals surface area contributed by atoms with Gasteiger partial charge in [0.25, 0.3) is 0 Å². The Hall–Kier alpha value is -3.65.